The average Bonchev–Trinajstić information content (AvgIpc) is 2.12. The van der Waals surface area contributed by atoms with Crippen LogP contribution in [-0.4, -0.2) is 44.8 Å². The van der Waals surface area contributed by atoms with E-state index in [1.165, 1.54) is 0 Å². The molecule has 12 heavy (non-hydrogen) atoms. The zero-order valence-corrected chi connectivity index (χ0v) is 6.67. The summed E-state index contributed by atoms with van der Waals surface area (Å²) in [6.45, 7) is 6.44. The maximum absolute atomic E-state index is 9.11. The van der Waals surface area contributed by atoms with E-state index in [2.05, 4.69) is 13.2 Å². The Bertz CT molecular complexity index is 139. The summed E-state index contributed by atoms with van der Waals surface area (Å²) in [4.78, 5) is 0. The molecular formula is C8H14O4. The van der Waals surface area contributed by atoms with E-state index in [9.17, 15) is 0 Å². The predicted octanol–water partition coefficient (Wildman–Crippen LogP) is -1.20. The smallest absolute Gasteiger partial charge is 0.112 e. The third-order valence-corrected chi connectivity index (χ3v) is 1.53. The maximum atomic E-state index is 9.11. The minimum absolute atomic E-state index is 1.07. The Labute approximate surface area is 71.1 Å². The van der Waals surface area contributed by atoms with Gasteiger partial charge < -0.3 is 20.4 Å². The van der Waals surface area contributed by atoms with E-state index in [-0.39, 0.29) is 0 Å². The van der Waals surface area contributed by atoms with E-state index in [0.717, 1.165) is 12.2 Å². The number of aliphatic hydroxyl groups excluding tert-OH is 4. The molecule has 0 bridgehead atoms. The van der Waals surface area contributed by atoms with Gasteiger partial charge in [-0.15, -0.1) is 13.2 Å². The van der Waals surface area contributed by atoms with Gasteiger partial charge >= 0.3 is 0 Å². The molecule has 0 radical (unpaired) electrons. The molecule has 0 spiro atoms. The molecular weight excluding hydrogens is 160 g/mol. The molecule has 0 saturated carbocycles. The molecule has 0 aliphatic rings. The Hall–Kier alpha value is -0.680. The summed E-state index contributed by atoms with van der Waals surface area (Å²) >= 11 is 0. The van der Waals surface area contributed by atoms with Crippen LogP contribution >= 0.6 is 0 Å². The molecule has 0 rings (SSSR count). The molecule has 0 aliphatic carbocycles. The summed E-state index contributed by atoms with van der Waals surface area (Å²) in [5, 5.41) is 36.2. The molecule has 0 unspecified atom stereocenters. The monoisotopic (exact) mass is 174 g/mol. The van der Waals surface area contributed by atoms with Crippen molar-refractivity contribution in [3.63, 3.8) is 0 Å². The van der Waals surface area contributed by atoms with Crippen LogP contribution < -0.4 is 0 Å². The fraction of sp³-hybridized carbons (Fsp3) is 0.500. The number of rotatable bonds is 5. The molecule has 4 heteroatoms. The van der Waals surface area contributed by atoms with Gasteiger partial charge in [-0.2, -0.15) is 0 Å². The van der Waals surface area contributed by atoms with Gasteiger partial charge in [0.1, 0.15) is 24.4 Å². The normalized spacial score (nSPS) is 20.7. The molecule has 4 atom stereocenters. The lowest BCUT2D eigenvalue weighted by Gasteiger charge is -2.22. The van der Waals surface area contributed by atoms with Crippen LogP contribution in [0.2, 0.25) is 0 Å². The first-order chi connectivity index (χ1) is 5.54. The Balaban J connectivity index is 4.16. The van der Waals surface area contributed by atoms with Gasteiger partial charge in [-0.3, -0.25) is 0 Å². The minimum atomic E-state index is -1.45. The van der Waals surface area contributed by atoms with E-state index in [1.54, 1.807) is 0 Å². The largest absolute Gasteiger partial charge is 0.387 e. The zero-order chi connectivity index (χ0) is 9.72. The van der Waals surface area contributed by atoms with Crippen molar-refractivity contribution in [1.29, 1.82) is 0 Å². The highest BCUT2D eigenvalue weighted by Gasteiger charge is 2.26. The van der Waals surface area contributed by atoms with Crippen LogP contribution in [0.4, 0.5) is 0 Å². The van der Waals surface area contributed by atoms with Crippen molar-refractivity contribution in [1.82, 2.24) is 0 Å². The van der Waals surface area contributed by atoms with E-state index in [0.29, 0.717) is 0 Å². The zero-order valence-electron chi connectivity index (χ0n) is 6.67. The van der Waals surface area contributed by atoms with Gasteiger partial charge in [0.25, 0.3) is 0 Å². The fourth-order valence-electron chi connectivity index (χ4n) is 0.683. The summed E-state index contributed by atoms with van der Waals surface area (Å²) in [6, 6.07) is 0. The molecule has 0 aliphatic heterocycles. The molecule has 0 aromatic heterocycles. The van der Waals surface area contributed by atoms with Gasteiger partial charge in [0.15, 0.2) is 0 Å². The third-order valence-electron chi connectivity index (χ3n) is 1.53. The topological polar surface area (TPSA) is 80.9 Å². The Kier molecular flexibility index (Phi) is 4.77. The molecule has 0 heterocycles. The molecule has 70 valence electrons. The number of aliphatic hydroxyl groups is 4. The van der Waals surface area contributed by atoms with Gasteiger partial charge in [0, 0.05) is 0 Å². The van der Waals surface area contributed by atoms with Crippen LogP contribution in [0.15, 0.2) is 25.3 Å². The molecule has 0 amide bonds. The first-order valence-electron chi connectivity index (χ1n) is 3.52. The Morgan fingerprint density at radius 2 is 1.00 bits per heavy atom. The third kappa shape index (κ3) is 2.75. The summed E-state index contributed by atoms with van der Waals surface area (Å²) in [6.07, 6.45) is -3.26. The number of hydrogen-bond donors (Lipinski definition) is 4. The van der Waals surface area contributed by atoms with Crippen molar-refractivity contribution in [2.75, 3.05) is 0 Å². The maximum Gasteiger partial charge on any atom is 0.112 e. The quantitative estimate of drug-likeness (QED) is 0.395. The molecule has 0 saturated heterocycles. The lowest BCUT2D eigenvalue weighted by molar-refractivity contribution is -0.0798. The van der Waals surface area contributed by atoms with Crippen molar-refractivity contribution < 1.29 is 20.4 Å². The van der Waals surface area contributed by atoms with Gasteiger partial charge in [-0.25, -0.2) is 0 Å². The minimum Gasteiger partial charge on any atom is -0.387 e. The SMILES string of the molecule is C=C[C@@H](O)[C@H](O)[C@H](O)[C@H](O)C=C. The van der Waals surface area contributed by atoms with Gasteiger partial charge in [0.05, 0.1) is 0 Å². The van der Waals surface area contributed by atoms with Crippen LogP contribution in [0, 0.1) is 0 Å². The summed E-state index contributed by atoms with van der Waals surface area (Å²) in [5.41, 5.74) is 0. The second-order valence-electron chi connectivity index (χ2n) is 2.43. The van der Waals surface area contributed by atoms with Crippen LogP contribution in [0.3, 0.4) is 0 Å². The van der Waals surface area contributed by atoms with E-state index < -0.39 is 24.4 Å². The highest BCUT2D eigenvalue weighted by atomic mass is 16.4. The van der Waals surface area contributed by atoms with E-state index in [4.69, 9.17) is 20.4 Å². The second kappa shape index (κ2) is 5.05. The van der Waals surface area contributed by atoms with Crippen molar-refractivity contribution in [2.24, 2.45) is 0 Å². The predicted molar refractivity (Wildman–Crippen MR) is 44.4 cm³/mol. The lowest BCUT2D eigenvalue weighted by atomic mass is 10.0. The average molecular weight is 174 g/mol. The van der Waals surface area contributed by atoms with Crippen molar-refractivity contribution in [2.45, 2.75) is 24.4 Å². The number of hydrogen-bond acceptors (Lipinski definition) is 4. The Morgan fingerprint density at radius 3 is 1.17 bits per heavy atom. The first kappa shape index (κ1) is 11.3. The van der Waals surface area contributed by atoms with Crippen molar-refractivity contribution in [3.8, 4) is 0 Å². The molecule has 4 N–H and O–H groups in total. The molecule has 0 fully saturated rings. The molecule has 0 aromatic carbocycles. The van der Waals surface area contributed by atoms with Crippen LogP contribution in [-0.2, 0) is 0 Å². The van der Waals surface area contributed by atoms with Gasteiger partial charge in [0.2, 0.25) is 0 Å². The first-order valence-corrected chi connectivity index (χ1v) is 3.52. The van der Waals surface area contributed by atoms with Crippen molar-refractivity contribution >= 4 is 0 Å². The van der Waals surface area contributed by atoms with Gasteiger partial charge in [-0.05, 0) is 0 Å². The second-order valence-corrected chi connectivity index (χ2v) is 2.43. The van der Waals surface area contributed by atoms with Crippen LogP contribution in [0.25, 0.3) is 0 Å². The summed E-state index contributed by atoms with van der Waals surface area (Å²) in [5.74, 6) is 0. The van der Waals surface area contributed by atoms with Gasteiger partial charge in [-0.1, -0.05) is 12.2 Å². The van der Waals surface area contributed by atoms with Crippen LogP contribution in [0.5, 0.6) is 0 Å². The molecule has 4 nitrogen and oxygen atoms in total. The molecule has 0 aromatic rings. The van der Waals surface area contributed by atoms with Crippen molar-refractivity contribution in [3.05, 3.63) is 25.3 Å². The highest BCUT2D eigenvalue weighted by Crippen LogP contribution is 2.05. The fourth-order valence-corrected chi connectivity index (χ4v) is 0.683. The van der Waals surface area contributed by atoms with Crippen LogP contribution in [0.1, 0.15) is 0 Å². The highest BCUT2D eigenvalue weighted by molar-refractivity contribution is 4.95. The summed E-state index contributed by atoms with van der Waals surface area (Å²) < 4.78 is 0. The lowest BCUT2D eigenvalue weighted by Crippen LogP contribution is -2.42. The standard InChI is InChI=1S/C8H14O4/c1-3-5(9)7(11)8(12)6(10)4-2/h3-12H,1-2H2/t5-,6-,7-,8+/m1/s1. The van der Waals surface area contributed by atoms with E-state index >= 15 is 0 Å². The summed E-state index contributed by atoms with van der Waals surface area (Å²) in [7, 11) is 0. The Morgan fingerprint density at radius 1 is 0.750 bits per heavy atom. The van der Waals surface area contributed by atoms with E-state index in [1.807, 2.05) is 0 Å².